The molecule has 0 spiro atoms. The first-order valence-corrected chi connectivity index (χ1v) is 1.64. The lowest BCUT2D eigenvalue weighted by atomic mass is 11.0. The van der Waals surface area contributed by atoms with Crippen LogP contribution in [0.15, 0.2) is 0 Å². The molecule has 0 heterocycles. The van der Waals surface area contributed by atoms with Crippen molar-refractivity contribution in [2.75, 3.05) is 0 Å². The predicted octanol–water partition coefficient (Wildman–Crippen LogP) is 1.81. The van der Waals surface area contributed by atoms with E-state index >= 15 is 0 Å². The molecule has 0 unspecified atom stereocenters. The minimum Gasteiger partial charge on any atom is -0.106 e. The smallest absolute Gasteiger partial charge is 0.105 e. The number of rotatable bonds is 0. The van der Waals surface area contributed by atoms with E-state index in [0.717, 1.165) is 0 Å². The maximum absolute atomic E-state index is 6.44. The summed E-state index contributed by atoms with van der Waals surface area (Å²) < 4.78 is 12.9. The first-order chi connectivity index (χ1) is 2.64. The van der Waals surface area contributed by atoms with Crippen molar-refractivity contribution in [2.24, 2.45) is 0 Å². The molecular formula is C2H4Cl2. The summed E-state index contributed by atoms with van der Waals surface area (Å²) in [6.07, 6.45) is 0. The van der Waals surface area contributed by atoms with Crippen molar-refractivity contribution in [2.45, 2.75) is 11.7 Å². The first kappa shape index (κ1) is 1.89. The van der Waals surface area contributed by atoms with Gasteiger partial charge in [0.25, 0.3) is 0 Å². The molecule has 0 aliphatic heterocycles. The van der Waals surface area contributed by atoms with Crippen molar-refractivity contribution in [3.63, 3.8) is 0 Å². The number of hydrogen-bond acceptors (Lipinski definition) is 0. The number of halogens is 2. The van der Waals surface area contributed by atoms with Gasteiger partial charge in [-0.1, -0.05) is 0 Å². The van der Waals surface area contributed by atoms with Gasteiger partial charge in [-0.3, -0.25) is 0 Å². The van der Waals surface area contributed by atoms with Crippen LogP contribution in [0.1, 0.15) is 9.62 Å². The van der Waals surface area contributed by atoms with Crippen LogP contribution in [0.3, 0.4) is 0 Å². The minimum atomic E-state index is -1.12. The summed E-state index contributed by atoms with van der Waals surface area (Å²) in [4.78, 5) is -0.870. The highest BCUT2D eigenvalue weighted by atomic mass is 35.5. The van der Waals surface area contributed by atoms with Crippen molar-refractivity contribution >= 4 is 23.2 Å². The summed E-state index contributed by atoms with van der Waals surface area (Å²) in [5.74, 6) is 0. The molecule has 2 heteroatoms. The Morgan fingerprint density at radius 2 is 2.25 bits per heavy atom. The monoisotopic (exact) mass is 100.0 g/mol. The van der Waals surface area contributed by atoms with Crippen LogP contribution in [0.25, 0.3) is 0 Å². The van der Waals surface area contributed by atoms with E-state index in [1.54, 1.807) is 0 Å². The molecule has 0 bridgehead atoms. The van der Waals surface area contributed by atoms with E-state index in [9.17, 15) is 0 Å². The maximum Gasteiger partial charge on any atom is 0.105 e. The highest BCUT2D eigenvalue weighted by molar-refractivity contribution is 6.43. The fourth-order valence-electron chi connectivity index (χ4n) is 0. The first-order valence-electron chi connectivity index (χ1n) is 1.92. The summed E-state index contributed by atoms with van der Waals surface area (Å²) in [7, 11) is 0. The van der Waals surface area contributed by atoms with Crippen molar-refractivity contribution in [1.82, 2.24) is 0 Å². The van der Waals surface area contributed by atoms with Gasteiger partial charge in [-0.05, 0) is 6.88 Å². The van der Waals surface area contributed by atoms with Gasteiger partial charge >= 0.3 is 0 Å². The summed E-state index contributed by atoms with van der Waals surface area (Å²) >= 11 is 10.0. The topological polar surface area (TPSA) is 0 Å². The van der Waals surface area contributed by atoms with E-state index in [1.165, 1.54) is 0 Å². The van der Waals surface area contributed by atoms with Gasteiger partial charge in [0, 0.05) is 2.74 Å². The predicted molar refractivity (Wildman–Crippen MR) is 21.2 cm³/mol. The van der Waals surface area contributed by atoms with Gasteiger partial charge in [0.15, 0.2) is 0 Å². The number of alkyl halides is 2. The molecule has 0 aromatic carbocycles. The Morgan fingerprint density at radius 3 is 2.25 bits per heavy atom. The molecule has 0 nitrogen and oxygen atoms in total. The van der Waals surface area contributed by atoms with E-state index in [4.69, 9.17) is 25.9 Å². The number of hydrogen-bond donors (Lipinski definition) is 0. The van der Waals surface area contributed by atoms with Crippen molar-refractivity contribution < 1.29 is 2.74 Å². The molecule has 0 saturated heterocycles. The van der Waals surface area contributed by atoms with Gasteiger partial charge in [-0.15, -0.1) is 23.2 Å². The largest absolute Gasteiger partial charge is 0.106 e. The van der Waals surface area contributed by atoms with E-state index in [2.05, 4.69) is 0 Å². The van der Waals surface area contributed by atoms with Gasteiger partial charge in [0.2, 0.25) is 0 Å². The average Bonchev–Trinajstić information content (AvgIpc) is 1.36. The van der Waals surface area contributed by atoms with Crippen LogP contribution >= 0.6 is 23.2 Å². The van der Waals surface area contributed by atoms with E-state index in [-0.39, 0.29) is 0 Å². The molecule has 0 aliphatic carbocycles. The molecule has 0 aromatic rings. The van der Waals surface area contributed by atoms with E-state index in [1.807, 2.05) is 0 Å². The van der Waals surface area contributed by atoms with Crippen LogP contribution in [0.2, 0.25) is 0 Å². The molecular weight excluding hydrogens is 94.9 g/mol. The van der Waals surface area contributed by atoms with Crippen LogP contribution in [0, 0.1) is 0 Å². The lowest BCUT2D eigenvalue weighted by molar-refractivity contribution is 1.39. The lowest BCUT2D eigenvalue weighted by Crippen LogP contribution is -1.63. The zero-order valence-corrected chi connectivity index (χ0v) is 3.42. The van der Waals surface area contributed by atoms with E-state index in [0.29, 0.717) is 0 Å². The molecule has 0 atom stereocenters. The van der Waals surface area contributed by atoms with Gasteiger partial charge in [-0.2, -0.15) is 0 Å². The fraction of sp³-hybridized carbons (Fsp3) is 1.00. The van der Waals surface area contributed by atoms with Gasteiger partial charge in [-0.25, -0.2) is 0 Å². The second-order valence-electron chi connectivity index (χ2n) is 0.334. The molecule has 4 heavy (non-hydrogen) atoms. The second kappa shape index (κ2) is 1.86. The minimum absolute atomic E-state index is 0.870. The molecule has 0 N–H and O–H groups in total. The third kappa shape index (κ3) is 19.1. The van der Waals surface area contributed by atoms with E-state index < -0.39 is 11.7 Å². The highest BCUT2D eigenvalue weighted by Crippen LogP contribution is 1.95. The zero-order chi connectivity index (χ0) is 5.15. The molecule has 0 fully saturated rings. The Morgan fingerprint density at radius 1 is 2.00 bits per heavy atom. The van der Waals surface area contributed by atoms with Gasteiger partial charge in [0.05, 0.1) is 0 Å². The zero-order valence-electron chi connectivity index (χ0n) is 3.91. The van der Waals surface area contributed by atoms with Crippen LogP contribution in [-0.2, 0) is 0 Å². The van der Waals surface area contributed by atoms with Crippen LogP contribution < -0.4 is 0 Å². The van der Waals surface area contributed by atoms with Crippen molar-refractivity contribution in [1.29, 1.82) is 0 Å². The Bertz CT molecular complexity index is 30.5. The normalized spacial score (nSPS) is 17.0. The Labute approximate surface area is 38.5 Å². The second-order valence-corrected chi connectivity index (χ2v) is 1.50. The fourth-order valence-corrected chi connectivity index (χ4v) is 0. The molecule has 0 saturated carbocycles. The maximum atomic E-state index is 6.44. The molecule has 26 valence electrons. The quantitative estimate of drug-likeness (QED) is 0.408. The van der Waals surface area contributed by atoms with Crippen LogP contribution in [0.5, 0.6) is 0 Å². The third-order valence-corrected chi connectivity index (χ3v) is 0. The standard InChI is InChI=1S/C2H4Cl2/c1-2(3)4/h2H,1H3/i1D2. The molecule has 0 aromatic heterocycles. The molecule has 0 rings (SSSR count). The van der Waals surface area contributed by atoms with Crippen LogP contribution in [0.4, 0.5) is 0 Å². The third-order valence-electron chi connectivity index (χ3n) is 0. The lowest BCUT2D eigenvalue weighted by Gasteiger charge is -1.72. The summed E-state index contributed by atoms with van der Waals surface area (Å²) in [6.45, 7) is -1.12. The van der Waals surface area contributed by atoms with Crippen molar-refractivity contribution in [3.8, 4) is 0 Å². The Kier molecular flexibility index (Phi) is 0.876. The Balaban J connectivity index is 2.99. The highest BCUT2D eigenvalue weighted by Gasteiger charge is 1.75. The van der Waals surface area contributed by atoms with Gasteiger partial charge < -0.3 is 0 Å². The molecule has 0 amide bonds. The van der Waals surface area contributed by atoms with Gasteiger partial charge in [0.1, 0.15) is 4.84 Å². The van der Waals surface area contributed by atoms with Crippen LogP contribution in [-0.4, -0.2) is 4.84 Å². The van der Waals surface area contributed by atoms with Crippen molar-refractivity contribution in [3.05, 3.63) is 0 Å². The Hall–Kier alpha value is 0.580. The molecule has 0 aliphatic rings. The SMILES string of the molecule is [2H]C([2H])C(Cl)Cl. The summed E-state index contributed by atoms with van der Waals surface area (Å²) in [5.41, 5.74) is 0. The summed E-state index contributed by atoms with van der Waals surface area (Å²) in [6, 6.07) is 0. The molecule has 0 radical (unpaired) electrons. The average molecular weight is 101 g/mol. The summed E-state index contributed by atoms with van der Waals surface area (Å²) in [5, 5.41) is 0.